The Morgan fingerprint density at radius 3 is 2.88 bits per heavy atom. The summed E-state index contributed by atoms with van der Waals surface area (Å²) in [5.74, 6) is 0.496. The SMILES string of the molecule is C=CC1CC(=O)N(c2ccc(C)c(I)c2)C1. The number of carbonyl (C=O) groups is 1. The molecule has 1 amide bonds. The lowest BCUT2D eigenvalue weighted by Crippen LogP contribution is -2.24. The van der Waals surface area contributed by atoms with E-state index in [-0.39, 0.29) is 5.91 Å². The van der Waals surface area contributed by atoms with Crippen molar-refractivity contribution in [1.82, 2.24) is 0 Å². The lowest BCUT2D eigenvalue weighted by molar-refractivity contribution is -0.117. The van der Waals surface area contributed by atoms with E-state index in [1.807, 2.05) is 17.0 Å². The summed E-state index contributed by atoms with van der Waals surface area (Å²) in [6.45, 7) is 6.60. The number of nitrogens with zero attached hydrogens (tertiary/aromatic N) is 1. The van der Waals surface area contributed by atoms with E-state index >= 15 is 0 Å². The smallest absolute Gasteiger partial charge is 0.227 e. The van der Waals surface area contributed by atoms with Crippen molar-refractivity contribution in [3.63, 3.8) is 0 Å². The van der Waals surface area contributed by atoms with E-state index < -0.39 is 0 Å². The molecule has 0 aliphatic carbocycles. The molecule has 2 rings (SSSR count). The molecule has 2 nitrogen and oxygen atoms in total. The zero-order chi connectivity index (χ0) is 11.7. The van der Waals surface area contributed by atoms with Crippen molar-refractivity contribution in [2.24, 2.45) is 5.92 Å². The molecule has 0 bridgehead atoms. The van der Waals surface area contributed by atoms with Gasteiger partial charge in [0, 0.05) is 28.1 Å². The van der Waals surface area contributed by atoms with Gasteiger partial charge < -0.3 is 4.90 Å². The molecule has 1 aromatic carbocycles. The highest BCUT2D eigenvalue weighted by Crippen LogP contribution is 2.27. The van der Waals surface area contributed by atoms with Crippen LogP contribution in [-0.2, 0) is 4.79 Å². The number of anilines is 1. The second-order valence-corrected chi connectivity index (χ2v) is 5.30. The molecule has 1 aliphatic rings. The van der Waals surface area contributed by atoms with E-state index in [9.17, 15) is 4.79 Å². The van der Waals surface area contributed by atoms with Crippen LogP contribution in [0.25, 0.3) is 0 Å². The van der Waals surface area contributed by atoms with Crippen LogP contribution in [0.3, 0.4) is 0 Å². The average molecular weight is 327 g/mol. The number of hydrogen-bond acceptors (Lipinski definition) is 1. The quantitative estimate of drug-likeness (QED) is 0.604. The zero-order valence-electron chi connectivity index (χ0n) is 9.24. The van der Waals surface area contributed by atoms with Crippen molar-refractivity contribution in [3.05, 3.63) is 40.0 Å². The maximum atomic E-state index is 11.8. The Labute approximate surface area is 109 Å². The molecule has 1 aliphatic heterocycles. The van der Waals surface area contributed by atoms with E-state index in [1.54, 1.807) is 0 Å². The van der Waals surface area contributed by atoms with Crippen LogP contribution in [0.5, 0.6) is 0 Å². The van der Waals surface area contributed by atoms with Crippen molar-refractivity contribution >= 4 is 34.2 Å². The first-order chi connectivity index (χ1) is 7.61. The van der Waals surface area contributed by atoms with Gasteiger partial charge in [-0.2, -0.15) is 0 Å². The van der Waals surface area contributed by atoms with Crippen molar-refractivity contribution in [1.29, 1.82) is 0 Å². The molecular formula is C13H14INO. The van der Waals surface area contributed by atoms with Gasteiger partial charge in [-0.3, -0.25) is 4.79 Å². The highest BCUT2D eigenvalue weighted by Gasteiger charge is 2.28. The number of benzene rings is 1. The predicted molar refractivity (Wildman–Crippen MR) is 74.6 cm³/mol. The average Bonchev–Trinajstić information content (AvgIpc) is 2.64. The molecule has 3 heteroatoms. The van der Waals surface area contributed by atoms with E-state index in [4.69, 9.17) is 0 Å². The predicted octanol–water partition coefficient (Wildman–Crippen LogP) is 3.14. The summed E-state index contributed by atoms with van der Waals surface area (Å²) < 4.78 is 1.20. The molecule has 0 aromatic heterocycles. The van der Waals surface area contributed by atoms with Crippen molar-refractivity contribution in [2.45, 2.75) is 13.3 Å². The summed E-state index contributed by atoms with van der Waals surface area (Å²) in [6.07, 6.45) is 2.46. The van der Waals surface area contributed by atoms with Gasteiger partial charge >= 0.3 is 0 Å². The largest absolute Gasteiger partial charge is 0.312 e. The Balaban J connectivity index is 2.27. The van der Waals surface area contributed by atoms with Crippen molar-refractivity contribution in [3.8, 4) is 0 Å². The number of carbonyl (C=O) groups excluding carboxylic acids is 1. The zero-order valence-corrected chi connectivity index (χ0v) is 11.4. The molecule has 1 atom stereocenters. The molecule has 0 radical (unpaired) electrons. The van der Waals surface area contributed by atoms with Gasteiger partial charge in [0.2, 0.25) is 5.91 Å². The minimum absolute atomic E-state index is 0.199. The van der Waals surface area contributed by atoms with Crippen LogP contribution in [0, 0.1) is 16.4 Å². The number of rotatable bonds is 2. The van der Waals surface area contributed by atoms with Crippen LogP contribution in [0.15, 0.2) is 30.9 Å². The molecule has 1 unspecified atom stereocenters. The Hall–Kier alpha value is -0.840. The normalized spacial score (nSPS) is 20.2. The maximum absolute atomic E-state index is 11.8. The fraction of sp³-hybridized carbons (Fsp3) is 0.308. The van der Waals surface area contributed by atoms with Gasteiger partial charge in [0.1, 0.15) is 0 Å². The van der Waals surface area contributed by atoms with Gasteiger partial charge in [0.25, 0.3) is 0 Å². The molecule has 16 heavy (non-hydrogen) atoms. The molecule has 0 saturated carbocycles. The number of amides is 1. The van der Waals surface area contributed by atoms with Gasteiger partial charge in [-0.1, -0.05) is 12.1 Å². The third-order valence-corrected chi connectivity index (χ3v) is 4.12. The van der Waals surface area contributed by atoms with E-state index in [0.29, 0.717) is 12.3 Å². The van der Waals surface area contributed by atoms with E-state index in [0.717, 1.165) is 12.2 Å². The number of halogens is 1. The summed E-state index contributed by atoms with van der Waals surface area (Å²) in [5.41, 5.74) is 2.25. The molecule has 1 aromatic rings. The summed E-state index contributed by atoms with van der Waals surface area (Å²) in [6, 6.07) is 6.14. The monoisotopic (exact) mass is 327 g/mol. The van der Waals surface area contributed by atoms with Crippen LogP contribution >= 0.6 is 22.6 Å². The van der Waals surface area contributed by atoms with Crippen LogP contribution < -0.4 is 4.90 Å². The molecule has 1 heterocycles. The molecular weight excluding hydrogens is 313 g/mol. The van der Waals surface area contributed by atoms with Crippen LogP contribution in [-0.4, -0.2) is 12.5 Å². The van der Waals surface area contributed by atoms with Crippen molar-refractivity contribution in [2.75, 3.05) is 11.4 Å². The lowest BCUT2D eigenvalue weighted by Gasteiger charge is -2.17. The molecule has 84 valence electrons. The van der Waals surface area contributed by atoms with Gasteiger partial charge in [-0.25, -0.2) is 0 Å². The first-order valence-corrected chi connectivity index (χ1v) is 6.38. The highest BCUT2D eigenvalue weighted by atomic mass is 127. The Morgan fingerprint density at radius 2 is 2.31 bits per heavy atom. The third kappa shape index (κ3) is 2.14. The van der Waals surface area contributed by atoms with Gasteiger partial charge in [0.15, 0.2) is 0 Å². The summed E-state index contributed by atoms with van der Waals surface area (Å²) in [7, 11) is 0. The molecule has 0 N–H and O–H groups in total. The standard InChI is InChI=1S/C13H14INO/c1-3-10-6-13(16)15(8-10)11-5-4-9(2)12(14)7-11/h3-5,7,10H,1,6,8H2,2H3. The molecule has 0 spiro atoms. The van der Waals surface area contributed by atoms with Gasteiger partial charge in [-0.15, -0.1) is 6.58 Å². The molecule has 1 saturated heterocycles. The third-order valence-electron chi connectivity index (χ3n) is 2.96. The lowest BCUT2D eigenvalue weighted by atomic mass is 10.1. The summed E-state index contributed by atoms with van der Waals surface area (Å²) >= 11 is 2.30. The van der Waals surface area contributed by atoms with Crippen LogP contribution in [0.4, 0.5) is 5.69 Å². The fourth-order valence-corrected chi connectivity index (χ4v) is 2.39. The van der Waals surface area contributed by atoms with Crippen molar-refractivity contribution < 1.29 is 4.79 Å². The number of hydrogen-bond donors (Lipinski definition) is 0. The Kier molecular flexibility index (Phi) is 3.33. The first-order valence-electron chi connectivity index (χ1n) is 5.31. The first kappa shape index (κ1) is 11.6. The van der Waals surface area contributed by atoms with E-state index in [2.05, 4.69) is 48.2 Å². The second-order valence-electron chi connectivity index (χ2n) is 4.14. The number of aryl methyl sites for hydroxylation is 1. The summed E-state index contributed by atoms with van der Waals surface area (Å²) in [5, 5.41) is 0. The second kappa shape index (κ2) is 4.57. The van der Waals surface area contributed by atoms with Crippen LogP contribution in [0.1, 0.15) is 12.0 Å². The fourth-order valence-electron chi connectivity index (χ4n) is 1.89. The topological polar surface area (TPSA) is 20.3 Å². The maximum Gasteiger partial charge on any atom is 0.227 e. The van der Waals surface area contributed by atoms with E-state index in [1.165, 1.54) is 9.13 Å². The minimum atomic E-state index is 0.199. The van der Waals surface area contributed by atoms with Gasteiger partial charge in [-0.05, 0) is 47.2 Å². The van der Waals surface area contributed by atoms with Crippen LogP contribution in [0.2, 0.25) is 0 Å². The highest BCUT2D eigenvalue weighted by molar-refractivity contribution is 14.1. The summed E-state index contributed by atoms with van der Waals surface area (Å²) in [4.78, 5) is 13.7. The molecule has 1 fully saturated rings. The van der Waals surface area contributed by atoms with Gasteiger partial charge in [0.05, 0.1) is 0 Å². The Bertz CT molecular complexity index is 442. The Morgan fingerprint density at radius 1 is 1.56 bits per heavy atom. The minimum Gasteiger partial charge on any atom is -0.312 e.